The Morgan fingerprint density at radius 1 is 1.53 bits per heavy atom. The molecule has 1 saturated carbocycles. The number of hydrogen-bond donors (Lipinski definition) is 1. The number of benzene rings is 1. The van der Waals surface area contributed by atoms with E-state index in [1.807, 2.05) is 11.9 Å². The number of fused-ring (bicyclic) bond motifs is 1. The third-order valence-corrected chi connectivity index (χ3v) is 3.84. The van der Waals surface area contributed by atoms with Crippen molar-refractivity contribution in [2.45, 2.75) is 25.8 Å². The summed E-state index contributed by atoms with van der Waals surface area (Å²) in [6.07, 6.45) is 2.52. The molecule has 1 aliphatic rings. The Hall–Kier alpha value is -2.04. The molecule has 1 N–H and O–H groups in total. The Morgan fingerprint density at radius 3 is 2.89 bits per heavy atom. The van der Waals surface area contributed by atoms with Crippen LogP contribution in [0.2, 0.25) is 0 Å². The second-order valence-corrected chi connectivity index (χ2v) is 5.17. The Balaban J connectivity index is 1.94. The number of carboxylic acids is 1. The van der Waals surface area contributed by atoms with Crippen molar-refractivity contribution < 1.29 is 14.3 Å². The molecule has 100 valence electrons. The highest BCUT2D eigenvalue weighted by Gasteiger charge is 2.32. The van der Waals surface area contributed by atoms with Crippen molar-refractivity contribution >= 4 is 23.1 Å². The lowest BCUT2D eigenvalue weighted by Gasteiger charge is -2.22. The molecule has 0 spiro atoms. The molecule has 19 heavy (non-hydrogen) atoms. The monoisotopic (exact) mass is 260 g/mol. The largest absolute Gasteiger partial charge is 0.478 e. The first-order valence-electron chi connectivity index (χ1n) is 6.43. The fraction of sp³-hybridized carbons (Fsp3) is 0.429. The first-order chi connectivity index (χ1) is 9.06. The Morgan fingerprint density at radius 2 is 2.26 bits per heavy atom. The molecule has 0 radical (unpaired) electrons. The molecule has 1 aromatic carbocycles. The van der Waals surface area contributed by atoms with E-state index in [1.54, 1.807) is 12.1 Å². The number of oxazole rings is 1. The van der Waals surface area contributed by atoms with Gasteiger partial charge in [-0.3, -0.25) is 0 Å². The summed E-state index contributed by atoms with van der Waals surface area (Å²) in [7, 11) is 1.96. The zero-order valence-corrected chi connectivity index (χ0v) is 11.0. The van der Waals surface area contributed by atoms with Crippen LogP contribution in [-0.2, 0) is 0 Å². The molecule has 1 aliphatic carbocycles. The Bertz CT molecular complexity index is 631. The minimum Gasteiger partial charge on any atom is -0.478 e. The molecule has 1 heterocycles. The smallest absolute Gasteiger partial charge is 0.335 e. The van der Waals surface area contributed by atoms with Gasteiger partial charge in [0.05, 0.1) is 5.56 Å². The average Bonchev–Trinajstić information content (AvgIpc) is 3.15. The number of anilines is 1. The number of carbonyl (C=O) groups is 1. The minimum absolute atomic E-state index is 0.216. The molecule has 1 atom stereocenters. The molecule has 3 rings (SSSR count). The van der Waals surface area contributed by atoms with E-state index in [9.17, 15) is 4.79 Å². The van der Waals surface area contributed by atoms with Crippen molar-refractivity contribution in [3.05, 3.63) is 23.8 Å². The van der Waals surface area contributed by atoms with Crippen LogP contribution in [0.3, 0.4) is 0 Å². The van der Waals surface area contributed by atoms with Gasteiger partial charge in [0.15, 0.2) is 5.58 Å². The van der Waals surface area contributed by atoms with Crippen LogP contribution in [0.15, 0.2) is 22.6 Å². The van der Waals surface area contributed by atoms with Gasteiger partial charge in [-0.1, -0.05) is 0 Å². The van der Waals surface area contributed by atoms with E-state index < -0.39 is 5.97 Å². The molecule has 1 fully saturated rings. The molecule has 0 amide bonds. The predicted molar refractivity (Wildman–Crippen MR) is 71.6 cm³/mol. The third kappa shape index (κ3) is 2.16. The summed E-state index contributed by atoms with van der Waals surface area (Å²) < 4.78 is 5.67. The highest BCUT2D eigenvalue weighted by Crippen LogP contribution is 2.36. The van der Waals surface area contributed by atoms with Crippen LogP contribution in [0.5, 0.6) is 0 Å². The van der Waals surface area contributed by atoms with Crippen LogP contribution >= 0.6 is 0 Å². The first kappa shape index (κ1) is 12.0. The normalized spacial score (nSPS) is 16.5. The lowest BCUT2D eigenvalue weighted by atomic mass is 10.2. The zero-order valence-electron chi connectivity index (χ0n) is 11.0. The maximum atomic E-state index is 10.9. The van der Waals surface area contributed by atoms with E-state index in [2.05, 4.69) is 11.9 Å². The van der Waals surface area contributed by atoms with Crippen LogP contribution in [0.4, 0.5) is 6.01 Å². The van der Waals surface area contributed by atoms with Crippen LogP contribution in [0.1, 0.15) is 30.1 Å². The molecule has 5 nitrogen and oxygen atoms in total. The van der Waals surface area contributed by atoms with Crippen LogP contribution in [0.25, 0.3) is 11.1 Å². The van der Waals surface area contributed by atoms with E-state index in [0.717, 1.165) is 5.92 Å². The van der Waals surface area contributed by atoms with Crippen LogP contribution in [0, 0.1) is 5.92 Å². The number of nitrogens with zero attached hydrogens (tertiary/aromatic N) is 2. The molecule has 1 unspecified atom stereocenters. The van der Waals surface area contributed by atoms with Crippen molar-refractivity contribution in [3.8, 4) is 0 Å². The average molecular weight is 260 g/mol. The van der Waals surface area contributed by atoms with Crippen molar-refractivity contribution in [3.63, 3.8) is 0 Å². The first-order valence-corrected chi connectivity index (χ1v) is 6.43. The molecular formula is C14H16N2O3. The molecule has 0 aliphatic heterocycles. The summed E-state index contributed by atoms with van der Waals surface area (Å²) in [6.45, 7) is 2.16. The maximum Gasteiger partial charge on any atom is 0.335 e. The fourth-order valence-corrected chi connectivity index (χ4v) is 2.27. The van der Waals surface area contributed by atoms with Crippen molar-refractivity contribution in [1.82, 2.24) is 4.98 Å². The van der Waals surface area contributed by atoms with Gasteiger partial charge in [-0.2, -0.15) is 4.98 Å². The summed E-state index contributed by atoms with van der Waals surface area (Å²) in [5.74, 6) is -0.242. The minimum atomic E-state index is -0.959. The highest BCUT2D eigenvalue weighted by atomic mass is 16.4. The van der Waals surface area contributed by atoms with Gasteiger partial charge in [0, 0.05) is 13.1 Å². The topological polar surface area (TPSA) is 66.6 Å². The van der Waals surface area contributed by atoms with Crippen LogP contribution in [-0.4, -0.2) is 29.1 Å². The van der Waals surface area contributed by atoms with Gasteiger partial charge in [-0.15, -0.1) is 0 Å². The summed E-state index contributed by atoms with van der Waals surface area (Å²) >= 11 is 0. The number of carboxylic acid groups (broad SMARTS) is 1. The van der Waals surface area contributed by atoms with Gasteiger partial charge in [-0.25, -0.2) is 4.79 Å². The quantitative estimate of drug-likeness (QED) is 0.915. The molecule has 0 bridgehead atoms. The molecule has 1 aromatic heterocycles. The van der Waals surface area contributed by atoms with Crippen molar-refractivity contribution in [2.75, 3.05) is 11.9 Å². The lowest BCUT2D eigenvalue weighted by Crippen LogP contribution is -2.30. The number of aromatic nitrogens is 1. The van der Waals surface area contributed by atoms with Crippen molar-refractivity contribution in [2.24, 2.45) is 5.92 Å². The zero-order chi connectivity index (χ0) is 13.6. The third-order valence-electron chi connectivity index (χ3n) is 3.84. The number of hydrogen-bond acceptors (Lipinski definition) is 4. The van der Waals surface area contributed by atoms with E-state index in [-0.39, 0.29) is 5.56 Å². The standard InChI is InChI=1S/C14H16N2O3/c1-8(9-3-4-9)16(2)14-15-11-6-5-10(13(17)18)7-12(11)19-14/h5-9H,3-4H2,1-2H3,(H,17,18). The SMILES string of the molecule is CC(C1CC1)N(C)c1nc2ccc(C(=O)O)cc2o1. The van der Waals surface area contributed by atoms with Gasteiger partial charge >= 0.3 is 5.97 Å². The Labute approximate surface area is 110 Å². The highest BCUT2D eigenvalue weighted by molar-refractivity contribution is 5.92. The van der Waals surface area contributed by atoms with Gasteiger partial charge < -0.3 is 14.4 Å². The number of aromatic carboxylic acids is 1. The molecule has 5 heteroatoms. The lowest BCUT2D eigenvalue weighted by molar-refractivity contribution is 0.0697. The molecule has 0 saturated heterocycles. The second-order valence-electron chi connectivity index (χ2n) is 5.17. The number of rotatable bonds is 4. The molecular weight excluding hydrogens is 244 g/mol. The summed E-state index contributed by atoms with van der Waals surface area (Å²) in [6, 6.07) is 5.69. The maximum absolute atomic E-state index is 10.9. The van der Waals surface area contributed by atoms with E-state index in [1.165, 1.54) is 18.9 Å². The van der Waals surface area contributed by atoms with Crippen molar-refractivity contribution in [1.29, 1.82) is 0 Å². The van der Waals surface area contributed by atoms with E-state index in [0.29, 0.717) is 23.2 Å². The van der Waals surface area contributed by atoms with E-state index in [4.69, 9.17) is 9.52 Å². The van der Waals surface area contributed by atoms with Gasteiger partial charge in [-0.05, 0) is 43.9 Å². The van der Waals surface area contributed by atoms with Gasteiger partial charge in [0.25, 0.3) is 6.01 Å². The van der Waals surface area contributed by atoms with Gasteiger partial charge in [0.1, 0.15) is 5.52 Å². The van der Waals surface area contributed by atoms with Crippen LogP contribution < -0.4 is 4.90 Å². The summed E-state index contributed by atoms with van der Waals surface area (Å²) in [5, 5.41) is 8.96. The summed E-state index contributed by atoms with van der Waals surface area (Å²) in [5.41, 5.74) is 1.42. The Kier molecular flexibility index (Phi) is 2.69. The fourth-order valence-electron chi connectivity index (χ4n) is 2.27. The second kappa shape index (κ2) is 4.26. The molecule has 2 aromatic rings. The van der Waals surface area contributed by atoms with Gasteiger partial charge in [0.2, 0.25) is 0 Å². The predicted octanol–water partition coefficient (Wildman–Crippen LogP) is 2.76. The summed E-state index contributed by atoms with van der Waals surface area (Å²) in [4.78, 5) is 17.4. The van der Waals surface area contributed by atoms with E-state index >= 15 is 0 Å².